The molecule has 0 aliphatic carbocycles. The van der Waals surface area contributed by atoms with Gasteiger partial charge in [-0.25, -0.2) is 4.99 Å². The van der Waals surface area contributed by atoms with Crippen LogP contribution in [0.5, 0.6) is 11.5 Å². The molecule has 3 heterocycles. The Bertz CT molecular complexity index is 1270. The first-order chi connectivity index (χ1) is 15.2. The molecule has 1 saturated heterocycles. The van der Waals surface area contributed by atoms with E-state index in [0.29, 0.717) is 16.5 Å². The summed E-state index contributed by atoms with van der Waals surface area (Å²) in [5, 5.41) is 11.6. The second kappa shape index (κ2) is 8.49. The van der Waals surface area contributed by atoms with E-state index in [4.69, 9.17) is 23.6 Å². The second-order valence-electron chi connectivity index (χ2n) is 7.12. The maximum absolute atomic E-state index is 6.18. The van der Waals surface area contributed by atoms with Crippen molar-refractivity contribution in [3.63, 3.8) is 0 Å². The fourth-order valence-electron chi connectivity index (χ4n) is 3.54. The predicted octanol–water partition coefficient (Wildman–Crippen LogP) is 5.05. The lowest BCUT2D eigenvalue weighted by atomic mass is 10.1. The summed E-state index contributed by atoms with van der Waals surface area (Å²) < 4.78 is 22.6. The number of ether oxygens (including phenoxy) is 3. The van der Waals surface area contributed by atoms with Gasteiger partial charge in [0.05, 0.1) is 19.6 Å². The quantitative estimate of drug-likeness (QED) is 0.436. The van der Waals surface area contributed by atoms with Gasteiger partial charge in [0, 0.05) is 23.6 Å². The lowest BCUT2D eigenvalue weighted by molar-refractivity contribution is 0.111. The van der Waals surface area contributed by atoms with Crippen molar-refractivity contribution in [2.75, 3.05) is 20.8 Å². The van der Waals surface area contributed by atoms with Crippen molar-refractivity contribution >= 4 is 27.4 Å². The molecule has 1 atom stereocenters. The van der Waals surface area contributed by atoms with E-state index >= 15 is 0 Å². The van der Waals surface area contributed by atoms with Gasteiger partial charge in [0.25, 0.3) is 0 Å². The molecule has 0 N–H and O–H groups in total. The smallest absolute Gasteiger partial charge is 0.232 e. The van der Waals surface area contributed by atoms with Crippen LogP contribution in [-0.2, 0) is 4.74 Å². The van der Waals surface area contributed by atoms with Crippen LogP contribution in [-0.4, -0.2) is 31.0 Å². The molecule has 1 fully saturated rings. The van der Waals surface area contributed by atoms with Crippen LogP contribution in [0.25, 0.3) is 22.3 Å². The van der Waals surface area contributed by atoms with E-state index in [1.807, 2.05) is 48.5 Å². The zero-order valence-corrected chi connectivity index (χ0v) is 18.0. The first-order valence-electron chi connectivity index (χ1n) is 9.99. The molecule has 158 valence electrons. The molecule has 1 unspecified atom stereocenters. The normalized spacial score (nSPS) is 16.7. The monoisotopic (exact) mass is 435 g/mol. The van der Waals surface area contributed by atoms with Crippen molar-refractivity contribution in [2.24, 2.45) is 4.99 Å². The fraction of sp³-hybridized carbons (Fsp3) is 0.261. The third kappa shape index (κ3) is 4.04. The van der Waals surface area contributed by atoms with Gasteiger partial charge in [-0.2, -0.15) is 0 Å². The Hall–Kier alpha value is -3.23. The molecule has 0 radical (unpaired) electrons. The highest BCUT2D eigenvalue weighted by atomic mass is 32.1. The zero-order chi connectivity index (χ0) is 21.2. The number of nitrogens with zero attached hydrogens (tertiary/aromatic N) is 3. The van der Waals surface area contributed by atoms with Crippen LogP contribution in [0, 0.1) is 0 Å². The number of hydrogen-bond donors (Lipinski definition) is 0. The lowest BCUT2D eigenvalue weighted by Crippen LogP contribution is -2.03. The standard InChI is InChI=1S/C23H21N3O4S/c1-27-15-7-5-14(6-8-15)21-13-18(17-12-16(28-2)9-10-19(17)30-21)24-23-26-25-22(31-23)20-4-3-11-29-20/h5-10,12-13,20H,3-4,11H2,1-2H3. The van der Waals surface area contributed by atoms with E-state index in [0.717, 1.165) is 52.3 Å². The van der Waals surface area contributed by atoms with Crippen LogP contribution in [0.3, 0.4) is 0 Å². The molecule has 2 aromatic heterocycles. The highest BCUT2D eigenvalue weighted by Gasteiger charge is 2.21. The molecule has 0 saturated carbocycles. The highest BCUT2D eigenvalue weighted by molar-refractivity contribution is 7.15. The molecule has 1 aliphatic heterocycles. The van der Waals surface area contributed by atoms with E-state index in [9.17, 15) is 0 Å². The predicted molar refractivity (Wildman–Crippen MR) is 118 cm³/mol. The first-order valence-corrected chi connectivity index (χ1v) is 10.8. The number of aromatic nitrogens is 2. The van der Waals surface area contributed by atoms with E-state index < -0.39 is 0 Å². The minimum atomic E-state index is 0.0268. The van der Waals surface area contributed by atoms with Crippen molar-refractivity contribution in [1.82, 2.24) is 10.2 Å². The Labute approximate surface area is 182 Å². The maximum atomic E-state index is 6.18. The van der Waals surface area contributed by atoms with E-state index in [2.05, 4.69) is 10.2 Å². The van der Waals surface area contributed by atoms with E-state index in [1.54, 1.807) is 14.2 Å². The van der Waals surface area contributed by atoms with Crippen LogP contribution < -0.4 is 14.8 Å². The Morgan fingerprint density at radius 2 is 1.81 bits per heavy atom. The van der Waals surface area contributed by atoms with Crippen molar-refractivity contribution in [2.45, 2.75) is 18.9 Å². The van der Waals surface area contributed by atoms with Crippen molar-refractivity contribution in [1.29, 1.82) is 0 Å². The Balaban J connectivity index is 1.64. The minimum absolute atomic E-state index is 0.0268. The summed E-state index contributed by atoms with van der Waals surface area (Å²) in [5.41, 5.74) is 1.63. The van der Waals surface area contributed by atoms with Crippen LogP contribution in [0.1, 0.15) is 24.0 Å². The van der Waals surface area contributed by atoms with Crippen LogP contribution >= 0.6 is 11.3 Å². The molecule has 31 heavy (non-hydrogen) atoms. The summed E-state index contributed by atoms with van der Waals surface area (Å²) in [6.45, 7) is 0.770. The summed E-state index contributed by atoms with van der Waals surface area (Å²) in [6, 6.07) is 15.3. The van der Waals surface area contributed by atoms with Gasteiger partial charge >= 0.3 is 0 Å². The third-order valence-corrected chi connectivity index (χ3v) is 6.09. The molecule has 2 aromatic carbocycles. The second-order valence-corrected chi connectivity index (χ2v) is 8.11. The summed E-state index contributed by atoms with van der Waals surface area (Å²) in [7, 11) is 3.28. The van der Waals surface area contributed by atoms with E-state index in [1.165, 1.54) is 11.3 Å². The molecule has 0 amide bonds. The molecule has 1 aliphatic rings. The molecule has 7 nitrogen and oxygen atoms in total. The SMILES string of the molecule is COc1ccc(-c2cc(=Nc3nnc(C4CCCO4)s3)c3cc(OC)ccc3o2)cc1. The van der Waals surface area contributed by atoms with Gasteiger partial charge < -0.3 is 18.6 Å². The minimum Gasteiger partial charge on any atom is -0.497 e. The third-order valence-electron chi connectivity index (χ3n) is 5.18. The zero-order valence-electron chi connectivity index (χ0n) is 17.2. The highest BCUT2D eigenvalue weighted by Crippen LogP contribution is 2.33. The number of hydrogen-bond acceptors (Lipinski definition) is 8. The number of rotatable bonds is 5. The maximum Gasteiger partial charge on any atom is 0.232 e. The molecule has 0 spiro atoms. The first kappa shape index (κ1) is 19.7. The van der Waals surface area contributed by atoms with Gasteiger partial charge in [-0.1, -0.05) is 11.3 Å². The molecular weight excluding hydrogens is 414 g/mol. The Morgan fingerprint density at radius 1 is 1.00 bits per heavy atom. The van der Waals surface area contributed by atoms with Crippen molar-refractivity contribution in [3.8, 4) is 22.8 Å². The van der Waals surface area contributed by atoms with Gasteiger partial charge in [0.1, 0.15) is 34.0 Å². The summed E-state index contributed by atoms with van der Waals surface area (Å²) >= 11 is 1.46. The largest absolute Gasteiger partial charge is 0.497 e. The molecule has 5 rings (SSSR count). The lowest BCUT2D eigenvalue weighted by Gasteiger charge is -2.07. The van der Waals surface area contributed by atoms with Gasteiger partial charge in [0.2, 0.25) is 5.13 Å². The average Bonchev–Trinajstić information content (AvgIpc) is 3.51. The van der Waals surface area contributed by atoms with Gasteiger partial charge in [-0.05, 0) is 55.3 Å². The number of fused-ring (bicyclic) bond motifs is 1. The van der Waals surface area contributed by atoms with Gasteiger partial charge in [-0.15, -0.1) is 10.2 Å². The Morgan fingerprint density at radius 3 is 2.55 bits per heavy atom. The van der Waals surface area contributed by atoms with Crippen LogP contribution in [0.15, 0.2) is 57.9 Å². The van der Waals surface area contributed by atoms with Crippen molar-refractivity contribution in [3.05, 3.63) is 58.9 Å². The average molecular weight is 436 g/mol. The number of benzene rings is 2. The topological polar surface area (TPSA) is 79.0 Å². The molecular formula is C23H21N3O4S. The van der Waals surface area contributed by atoms with E-state index in [-0.39, 0.29) is 6.10 Å². The molecule has 8 heteroatoms. The molecule has 0 bridgehead atoms. The Kier molecular flexibility index (Phi) is 5.40. The summed E-state index contributed by atoms with van der Waals surface area (Å²) in [6.07, 6.45) is 2.05. The fourth-order valence-corrected chi connectivity index (χ4v) is 4.35. The van der Waals surface area contributed by atoms with Crippen molar-refractivity contribution < 1.29 is 18.6 Å². The van der Waals surface area contributed by atoms with Crippen LogP contribution in [0.4, 0.5) is 5.13 Å². The summed E-state index contributed by atoms with van der Waals surface area (Å²) in [5.74, 6) is 2.21. The molecule has 4 aromatic rings. The van der Waals surface area contributed by atoms with Gasteiger partial charge in [-0.3, -0.25) is 0 Å². The van der Waals surface area contributed by atoms with Gasteiger partial charge in [0.15, 0.2) is 0 Å². The van der Waals surface area contributed by atoms with Crippen LogP contribution in [0.2, 0.25) is 0 Å². The summed E-state index contributed by atoms with van der Waals surface area (Å²) in [4.78, 5) is 4.81. The number of methoxy groups -OCH3 is 2.